The molecule has 0 fully saturated rings. The van der Waals surface area contributed by atoms with Crippen molar-refractivity contribution in [2.45, 2.75) is 12.8 Å². The number of aromatic nitrogens is 4. The number of rotatable bonds is 6. The zero-order chi connectivity index (χ0) is 18.6. The fourth-order valence-corrected chi connectivity index (χ4v) is 3.01. The fourth-order valence-electron chi connectivity index (χ4n) is 3.01. The van der Waals surface area contributed by atoms with Crippen molar-refractivity contribution in [1.82, 2.24) is 20.2 Å². The van der Waals surface area contributed by atoms with Gasteiger partial charge in [0.05, 0.1) is 22.9 Å². The minimum atomic E-state index is -0.241. The highest BCUT2D eigenvalue weighted by Gasteiger charge is 2.07. The highest BCUT2D eigenvalue weighted by Crippen LogP contribution is 2.19. The van der Waals surface area contributed by atoms with E-state index in [-0.39, 0.29) is 5.82 Å². The van der Waals surface area contributed by atoms with Crippen LogP contribution in [0.15, 0.2) is 60.8 Å². The van der Waals surface area contributed by atoms with E-state index in [1.807, 2.05) is 43.6 Å². The van der Waals surface area contributed by atoms with Crippen LogP contribution in [-0.4, -0.2) is 33.8 Å². The molecule has 2 aromatic carbocycles. The van der Waals surface area contributed by atoms with Gasteiger partial charge in [-0.1, -0.05) is 12.1 Å². The lowest BCUT2D eigenvalue weighted by Gasteiger charge is -2.17. The van der Waals surface area contributed by atoms with Crippen LogP contribution in [0.2, 0.25) is 0 Å². The molecule has 0 unspecified atom stereocenters. The molecule has 2 heterocycles. The zero-order valence-corrected chi connectivity index (χ0v) is 15.1. The molecule has 4 aromatic rings. The summed E-state index contributed by atoms with van der Waals surface area (Å²) in [7, 11) is 2.02. The van der Waals surface area contributed by atoms with Crippen molar-refractivity contribution in [2.75, 3.05) is 18.5 Å². The summed E-state index contributed by atoms with van der Waals surface area (Å²) in [6, 6.07) is 16.3. The summed E-state index contributed by atoms with van der Waals surface area (Å²) in [6.07, 6.45) is 3.64. The lowest BCUT2D eigenvalue weighted by atomic mass is 10.1. The van der Waals surface area contributed by atoms with Crippen LogP contribution in [-0.2, 0) is 6.42 Å². The van der Waals surface area contributed by atoms with Gasteiger partial charge in [0.2, 0.25) is 0 Å². The van der Waals surface area contributed by atoms with Gasteiger partial charge in [-0.3, -0.25) is 10.1 Å². The molecular formula is C21H20FN5. The van der Waals surface area contributed by atoms with Crippen molar-refractivity contribution in [3.05, 3.63) is 72.3 Å². The third-order valence-electron chi connectivity index (χ3n) is 4.54. The van der Waals surface area contributed by atoms with Crippen LogP contribution >= 0.6 is 0 Å². The van der Waals surface area contributed by atoms with E-state index in [4.69, 9.17) is 0 Å². The van der Waals surface area contributed by atoms with Gasteiger partial charge >= 0.3 is 0 Å². The molecule has 0 amide bonds. The lowest BCUT2D eigenvalue weighted by Crippen LogP contribution is -2.20. The van der Waals surface area contributed by atoms with E-state index >= 15 is 0 Å². The van der Waals surface area contributed by atoms with Crippen molar-refractivity contribution >= 4 is 16.9 Å². The molecule has 0 saturated carbocycles. The average molecular weight is 361 g/mol. The second kappa shape index (κ2) is 7.53. The van der Waals surface area contributed by atoms with Crippen LogP contribution in [0.3, 0.4) is 0 Å². The summed E-state index contributed by atoms with van der Waals surface area (Å²) < 4.78 is 13.0. The molecule has 0 atom stereocenters. The van der Waals surface area contributed by atoms with Gasteiger partial charge < -0.3 is 4.90 Å². The monoisotopic (exact) mass is 361 g/mol. The standard InChI is InChI=1S/C21H20FN5/c1-27(21-14-23-18-6-2-3-7-19(18)24-21)12-4-5-17-13-20(26-25-17)15-8-10-16(22)11-9-15/h2-3,6-11,13-14H,4-5,12H2,1H3,(H,25,26). The summed E-state index contributed by atoms with van der Waals surface area (Å²) in [5.74, 6) is 0.625. The van der Waals surface area contributed by atoms with Gasteiger partial charge in [0, 0.05) is 24.8 Å². The summed E-state index contributed by atoms with van der Waals surface area (Å²) >= 11 is 0. The number of hydrogen-bond donors (Lipinski definition) is 1. The Labute approximate surface area is 156 Å². The molecule has 6 heteroatoms. The molecule has 27 heavy (non-hydrogen) atoms. The van der Waals surface area contributed by atoms with Crippen molar-refractivity contribution in [1.29, 1.82) is 0 Å². The largest absolute Gasteiger partial charge is 0.358 e. The quantitative estimate of drug-likeness (QED) is 0.558. The molecule has 0 bridgehead atoms. The molecule has 0 radical (unpaired) electrons. The Morgan fingerprint density at radius 2 is 1.81 bits per heavy atom. The molecule has 2 aromatic heterocycles. The van der Waals surface area contributed by atoms with Crippen molar-refractivity contribution in [3.8, 4) is 11.3 Å². The van der Waals surface area contributed by atoms with Crippen LogP contribution in [0, 0.1) is 5.82 Å². The Morgan fingerprint density at radius 1 is 1.04 bits per heavy atom. The molecular weight excluding hydrogens is 341 g/mol. The van der Waals surface area contributed by atoms with Crippen LogP contribution in [0.5, 0.6) is 0 Å². The average Bonchev–Trinajstić information content (AvgIpc) is 3.17. The maximum atomic E-state index is 13.0. The van der Waals surface area contributed by atoms with Gasteiger partial charge in [-0.05, 0) is 55.3 Å². The first-order valence-corrected chi connectivity index (χ1v) is 8.92. The van der Waals surface area contributed by atoms with Gasteiger partial charge in [0.15, 0.2) is 0 Å². The highest BCUT2D eigenvalue weighted by molar-refractivity contribution is 5.75. The van der Waals surface area contributed by atoms with E-state index in [1.54, 1.807) is 12.1 Å². The number of aryl methyl sites for hydroxylation is 1. The van der Waals surface area contributed by atoms with E-state index in [1.165, 1.54) is 12.1 Å². The Bertz CT molecular complexity index is 1040. The van der Waals surface area contributed by atoms with E-state index in [0.29, 0.717) is 0 Å². The van der Waals surface area contributed by atoms with Crippen molar-refractivity contribution in [2.24, 2.45) is 0 Å². The fraction of sp³-hybridized carbons (Fsp3) is 0.190. The van der Waals surface area contributed by atoms with E-state index in [9.17, 15) is 4.39 Å². The highest BCUT2D eigenvalue weighted by atomic mass is 19.1. The van der Waals surface area contributed by atoms with Gasteiger partial charge in [0.1, 0.15) is 11.6 Å². The number of H-pyrrole nitrogens is 1. The molecule has 0 spiro atoms. The van der Waals surface area contributed by atoms with E-state index in [0.717, 1.165) is 53.2 Å². The normalized spacial score (nSPS) is 11.0. The Balaban J connectivity index is 1.35. The summed E-state index contributed by atoms with van der Waals surface area (Å²) in [5.41, 5.74) is 4.60. The van der Waals surface area contributed by atoms with Gasteiger partial charge in [0.25, 0.3) is 0 Å². The van der Waals surface area contributed by atoms with Crippen LogP contribution < -0.4 is 4.90 Å². The number of fused-ring (bicyclic) bond motifs is 1. The summed E-state index contributed by atoms with van der Waals surface area (Å²) in [5, 5.41) is 7.39. The number of anilines is 1. The van der Waals surface area contributed by atoms with E-state index in [2.05, 4.69) is 25.1 Å². The Hall–Kier alpha value is -3.28. The number of nitrogens with one attached hydrogen (secondary N) is 1. The topological polar surface area (TPSA) is 57.7 Å². The summed E-state index contributed by atoms with van der Waals surface area (Å²) in [6.45, 7) is 0.859. The summed E-state index contributed by atoms with van der Waals surface area (Å²) in [4.78, 5) is 11.2. The van der Waals surface area contributed by atoms with Crippen LogP contribution in [0.4, 0.5) is 10.2 Å². The molecule has 0 aliphatic heterocycles. The number of benzene rings is 2. The predicted octanol–water partition coefficient (Wildman–Crippen LogP) is 4.23. The molecule has 0 aliphatic carbocycles. The first-order chi connectivity index (χ1) is 13.2. The maximum absolute atomic E-state index is 13.0. The molecule has 0 aliphatic rings. The second-order valence-corrected chi connectivity index (χ2v) is 6.53. The molecule has 4 rings (SSSR count). The number of para-hydroxylation sites is 2. The maximum Gasteiger partial charge on any atom is 0.147 e. The third-order valence-corrected chi connectivity index (χ3v) is 4.54. The van der Waals surface area contributed by atoms with E-state index < -0.39 is 0 Å². The van der Waals surface area contributed by atoms with Gasteiger partial charge in [-0.2, -0.15) is 5.10 Å². The van der Waals surface area contributed by atoms with Crippen molar-refractivity contribution in [3.63, 3.8) is 0 Å². The first-order valence-electron chi connectivity index (χ1n) is 8.92. The number of hydrogen-bond acceptors (Lipinski definition) is 4. The SMILES string of the molecule is CN(CCCc1cc(-c2ccc(F)cc2)n[nH]1)c1cnc2ccccc2n1. The van der Waals surface area contributed by atoms with Crippen LogP contribution in [0.25, 0.3) is 22.3 Å². The Kier molecular flexibility index (Phi) is 4.78. The van der Waals surface area contributed by atoms with Gasteiger partial charge in [-0.25, -0.2) is 9.37 Å². The lowest BCUT2D eigenvalue weighted by molar-refractivity contribution is 0.628. The minimum absolute atomic E-state index is 0.241. The number of halogens is 1. The minimum Gasteiger partial charge on any atom is -0.358 e. The molecule has 136 valence electrons. The Morgan fingerprint density at radius 3 is 2.63 bits per heavy atom. The van der Waals surface area contributed by atoms with Gasteiger partial charge in [-0.15, -0.1) is 0 Å². The van der Waals surface area contributed by atoms with Crippen LogP contribution in [0.1, 0.15) is 12.1 Å². The molecule has 0 saturated heterocycles. The zero-order valence-electron chi connectivity index (χ0n) is 15.1. The van der Waals surface area contributed by atoms with Crippen molar-refractivity contribution < 1.29 is 4.39 Å². The number of nitrogens with zero attached hydrogens (tertiary/aromatic N) is 4. The smallest absolute Gasteiger partial charge is 0.147 e. The molecule has 5 nitrogen and oxygen atoms in total. The number of aromatic amines is 1. The first kappa shape index (κ1) is 17.1. The predicted molar refractivity (Wildman–Crippen MR) is 105 cm³/mol. The second-order valence-electron chi connectivity index (χ2n) is 6.53. The molecule has 1 N–H and O–H groups in total. The third kappa shape index (κ3) is 3.95.